The van der Waals surface area contributed by atoms with E-state index < -0.39 is 35.5 Å². The number of anilines is 1. The highest BCUT2D eigenvalue weighted by atomic mass is 79.9. The molecule has 0 unspecified atom stereocenters. The number of benzene rings is 4. The molecule has 0 radical (unpaired) electrons. The fourth-order valence-corrected chi connectivity index (χ4v) is 7.03. The highest BCUT2D eigenvalue weighted by molar-refractivity contribution is 9.10. The smallest absolute Gasteiger partial charge is 0.319 e. The molecule has 4 aromatic carbocycles. The van der Waals surface area contributed by atoms with E-state index in [-0.39, 0.29) is 12.7 Å². The second-order valence-corrected chi connectivity index (χ2v) is 11.3. The Labute approximate surface area is 237 Å². The lowest BCUT2D eigenvalue weighted by Gasteiger charge is -2.38. The quantitative estimate of drug-likeness (QED) is 0.165. The van der Waals surface area contributed by atoms with Crippen LogP contribution in [0.2, 0.25) is 0 Å². The summed E-state index contributed by atoms with van der Waals surface area (Å²) < 4.78 is 17.8. The third kappa shape index (κ3) is 3.26. The molecule has 0 N–H and O–H groups in total. The first-order chi connectivity index (χ1) is 19.5. The summed E-state index contributed by atoms with van der Waals surface area (Å²) in [5, 5.41) is 1.91. The van der Waals surface area contributed by atoms with Crippen molar-refractivity contribution in [3.8, 4) is 17.2 Å². The first-order valence-electron chi connectivity index (χ1n) is 13.0. The minimum absolute atomic E-state index is 0.123. The number of ether oxygens (including phenoxy) is 3. The van der Waals surface area contributed by atoms with E-state index in [1.54, 1.807) is 24.3 Å². The van der Waals surface area contributed by atoms with E-state index in [0.717, 1.165) is 26.4 Å². The normalized spacial score (nSPS) is 24.4. The van der Waals surface area contributed by atoms with Crippen LogP contribution in [0.1, 0.15) is 17.0 Å². The minimum atomic E-state index is -0.929. The summed E-state index contributed by atoms with van der Waals surface area (Å²) in [6, 6.07) is 24.3. The van der Waals surface area contributed by atoms with Crippen molar-refractivity contribution in [1.29, 1.82) is 0 Å². The Morgan fingerprint density at radius 1 is 0.775 bits per heavy atom. The molecule has 2 amide bonds. The number of rotatable bonds is 2. The van der Waals surface area contributed by atoms with Crippen molar-refractivity contribution in [2.75, 3.05) is 11.7 Å². The third-order valence-electron chi connectivity index (χ3n) is 8.33. The average molecular weight is 594 g/mol. The molecular weight excluding hydrogens is 574 g/mol. The summed E-state index contributed by atoms with van der Waals surface area (Å²) >= 11 is 3.45. The minimum Gasteiger partial charge on any atom is -0.454 e. The lowest BCUT2D eigenvalue weighted by Crippen LogP contribution is -2.42. The summed E-state index contributed by atoms with van der Waals surface area (Å²) in [6.45, 7) is 0.123. The molecule has 196 valence electrons. The molecule has 4 aromatic rings. The van der Waals surface area contributed by atoms with Crippen LogP contribution in [-0.2, 0) is 14.4 Å². The van der Waals surface area contributed by atoms with Gasteiger partial charge in [-0.1, -0.05) is 64.5 Å². The molecule has 0 aromatic heterocycles. The van der Waals surface area contributed by atoms with Gasteiger partial charge in [0.25, 0.3) is 0 Å². The molecule has 3 aliphatic heterocycles. The molecule has 4 atom stereocenters. The van der Waals surface area contributed by atoms with E-state index in [0.29, 0.717) is 28.5 Å². The van der Waals surface area contributed by atoms with E-state index in [9.17, 15) is 14.4 Å². The van der Waals surface area contributed by atoms with Crippen LogP contribution in [0.3, 0.4) is 0 Å². The lowest BCUT2D eigenvalue weighted by atomic mass is 9.64. The second-order valence-electron chi connectivity index (χ2n) is 10.4. The summed E-state index contributed by atoms with van der Waals surface area (Å²) in [7, 11) is 0. The topological polar surface area (TPSA) is 82.1 Å². The zero-order valence-electron chi connectivity index (χ0n) is 20.9. The van der Waals surface area contributed by atoms with Crippen LogP contribution in [0.5, 0.6) is 17.2 Å². The Hall–Kier alpha value is -4.43. The third-order valence-corrected chi connectivity index (χ3v) is 8.82. The maximum Gasteiger partial charge on any atom is 0.319 e. The Bertz CT molecular complexity index is 1830. The average Bonchev–Trinajstić information content (AvgIpc) is 3.54. The molecule has 8 heteroatoms. The number of esters is 1. The molecule has 1 saturated heterocycles. The molecule has 3 heterocycles. The molecule has 4 aliphatic rings. The maximum absolute atomic E-state index is 14.2. The number of fused-ring (bicyclic) bond motifs is 8. The van der Waals surface area contributed by atoms with Crippen molar-refractivity contribution < 1.29 is 28.6 Å². The molecule has 0 spiro atoms. The molecule has 40 heavy (non-hydrogen) atoms. The SMILES string of the molecule is O=C1Oc2ccc3ccccc3c2C2=C[C@H](c3ccc4c(c3)OCO4)[C@@H]3C(=O)N(c4cccc(Br)c4)C(=O)[C@H]3[C@@H]12. The largest absolute Gasteiger partial charge is 0.454 e. The maximum atomic E-state index is 14.2. The number of imide groups is 1. The monoisotopic (exact) mass is 593 g/mol. The first kappa shape index (κ1) is 23.5. The Morgan fingerprint density at radius 2 is 1.57 bits per heavy atom. The van der Waals surface area contributed by atoms with Gasteiger partial charge in [0.05, 0.1) is 23.4 Å². The van der Waals surface area contributed by atoms with Crippen molar-refractivity contribution >= 4 is 55.7 Å². The Balaban J connectivity index is 1.37. The molecule has 0 bridgehead atoms. The predicted octanol–water partition coefficient (Wildman–Crippen LogP) is 5.85. The molecule has 1 aliphatic carbocycles. The number of carbonyl (C=O) groups is 3. The number of allylic oxidation sites excluding steroid dienone is 1. The predicted molar refractivity (Wildman–Crippen MR) is 150 cm³/mol. The van der Waals surface area contributed by atoms with Crippen molar-refractivity contribution in [1.82, 2.24) is 0 Å². The van der Waals surface area contributed by atoms with Crippen LogP contribution in [0.4, 0.5) is 5.69 Å². The number of hydrogen-bond acceptors (Lipinski definition) is 6. The zero-order valence-corrected chi connectivity index (χ0v) is 22.5. The van der Waals surface area contributed by atoms with Crippen LogP contribution in [0.15, 0.2) is 89.4 Å². The molecule has 7 nitrogen and oxygen atoms in total. The van der Waals surface area contributed by atoms with E-state index in [4.69, 9.17) is 14.2 Å². The number of amides is 2. The molecule has 1 fully saturated rings. The van der Waals surface area contributed by atoms with E-state index in [2.05, 4.69) is 15.9 Å². The number of halogens is 1. The van der Waals surface area contributed by atoms with Gasteiger partial charge in [-0.25, -0.2) is 4.90 Å². The van der Waals surface area contributed by atoms with Crippen molar-refractivity contribution in [3.05, 3.63) is 101 Å². The van der Waals surface area contributed by atoms with Gasteiger partial charge < -0.3 is 14.2 Å². The van der Waals surface area contributed by atoms with Crippen molar-refractivity contribution in [2.24, 2.45) is 17.8 Å². The Kier molecular flexibility index (Phi) is 5.00. The van der Waals surface area contributed by atoms with Gasteiger partial charge in [-0.3, -0.25) is 14.4 Å². The number of carbonyl (C=O) groups excluding carboxylic acids is 3. The zero-order chi connectivity index (χ0) is 27.1. The highest BCUT2D eigenvalue weighted by Gasteiger charge is 2.60. The molecule has 0 saturated carbocycles. The fourth-order valence-electron chi connectivity index (χ4n) is 6.65. The summed E-state index contributed by atoms with van der Waals surface area (Å²) in [6.07, 6.45) is 1.99. The van der Waals surface area contributed by atoms with E-state index in [1.807, 2.05) is 60.7 Å². The van der Waals surface area contributed by atoms with Crippen LogP contribution in [0.25, 0.3) is 16.3 Å². The van der Waals surface area contributed by atoms with Gasteiger partial charge in [0.2, 0.25) is 18.6 Å². The Morgan fingerprint density at radius 3 is 2.45 bits per heavy atom. The highest BCUT2D eigenvalue weighted by Crippen LogP contribution is 2.56. The van der Waals surface area contributed by atoms with Gasteiger partial charge in [0.1, 0.15) is 5.75 Å². The van der Waals surface area contributed by atoms with Gasteiger partial charge in [0, 0.05) is 16.0 Å². The van der Waals surface area contributed by atoms with Gasteiger partial charge in [0.15, 0.2) is 11.5 Å². The first-order valence-corrected chi connectivity index (χ1v) is 13.8. The van der Waals surface area contributed by atoms with Crippen LogP contribution in [-0.4, -0.2) is 24.6 Å². The summed E-state index contributed by atoms with van der Waals surface area (Å²) in [5.74, 6) is -2.74. The van der Waals surface area contributed by atoms with E-state index >= 15 is 0 Å². The second kappa shape index (κ2) is 8.53. The van der Waals surface area contributed by atoms with Crippen LogP contribution >= 0.6 is 15.9 Å². The lowest BCUT2D eigenvalue weighted by molar-refractivity contribution is -0.142. The van der Waals surface area contributed by atoms with Crippen molar-refractivity contribution in [2.45, 2.75) is 5.92 Å². The molecular formula is C32H20BrNO6. The van der Waals surface area contributed by atoms with Crippen molar-refractivity contribution in [3.63, 3.8) is 0 Å². The summed E-state index contributed by atoms with van der Waals surface area (Å²) in [4.78, 5) is 43.2. The number of hydrogen-bond donors (Lipinski definition) is 0. The fraction of sp³-hybridized carbons (Fsp3) is 0.156. The summed E-state index contributed by atoms with van der Waals surface area (Å²) in [5.41, 5.74) is 2.76. The standard InChI is InChI=1S/C32H20BrNO6/c33-18-5-3-6-19(13-18)34-30(35)27-21(17-9-10-23-25(12-17)39-15-38-23)14-22-26-20-7-2-1-4-16(20)8-11-24(26)40-32(37)28(22)29(27)31(34)36/h1-14,21,27-29H,15H2/t21-,27+,28+,29-/m1/s1. The van der Waals surface area contributed by atoms with Gasteiger partial charge in [-0.05, 0) is 58.3 Å². The number of nitrogens with zero attached hydrogens (tertiary/aromatic N) is 1. The van der Waals surface area contributed by atoms with Gasteiger partial charge in [-0.2, -0.15) is 0 Å². The van der Waals surface area contributed by atoms with Crippen LogP contribution < -0.4 is 19.1 Å². The van der Waals surface area contributed by atoms with Gasteiger partial charge in [-0.15, -0.1) is 0 Å². The van der Waals surface area contributed by atoms with Crippen LogP contribution in [0, 0.1) is 17.8 Å². The van der Waals surface area contributed by atoms with Gasteiger partial charge >= 0.3 is 5.97 Å². The van der Waals surface area contributed by atoms with E-state index in [1.165, 1.54) is 4.90 Å². The molecule has 8 rings (SSSR count).